The molecule has 0 spiro atoms. The van der Waals surface area contributed by atoms with Crippen molar-refractivity contribution in [3.63, 3.8) is 0 Å². The van der Waals surface area contributed by atoms with E-state index in [4.69, 9.17) is 0 Å². The molecule has 0 N–H and O–H groups in total. The van der Waals surface area contributed by atoms with Crippen LogP contribution in [0.25, 0.3) is 67.7 Å². The molecule has 3 nitrogen and oxygen atoms in total. The quantitative estimate of drug-likeness (QED) is 0.230. The first-order valence-electron chi connectivity index (χ1n) is 10.2. The zero-order valence-electron chi connectivity index (χ0n) is 16.2. The molecule has 0 bridgehead atoms. The maximum atomic E-state index is 4.62. The van der Waals surface area contributed by atoms with Crippen molar-refractivity contribution >= 4 is 90.3 Å². The molecule has 0 aliphatic rings. The Morgan fingerprint density at radius 1 is 0.613 bits per heavy atom. The molecule has 31 heavy (non-hydrogen) atoms. The van der Waals surface area contributed by atoms with Crippen LogP contribution in [0.3, 0.4) is 0 Å². The molecule has 0 saturated carbocycles. The lowest BCUT2D eigenvalue weighted by Crippen LogP contribution is -1.90. The van der Waals surface area contributed by atoms with Gasteiger partial charge in [0, 0.05) is 81.3 Å². The van der Waals surface area contributed by atoms with Crippen LogP contribution in [0.5, 0.6) is 0 Å². The van der Waals surface area contributed by atoms with Crippen LogP contribution in [-0.2, 0) is 0 Å². The molecule has 5 heteroatoms. The van der Waals surface area contributed by atoms with Gasteiger partial charge in [-0.1, -0.05) is 18.2 Å². The second kappa shape index (κ2) is 5.58. The van der Waals surface area contributed by atoms with E-state index in [-0.39, 0.29) is 0 Å². The van der Waals surface area contributed by atoms with Gasteiger partial charge in [0.15, 0.2) is 0 Å². The van der Waals surface area contributed by atoms with Crippen LogP contribution in [0, 0.1) is 0 Å². The molecule has 0 radical (unpaired) electrons. The Hall–Kier alpha value is -3.54. The van der Waals surface area contributed by atoms with Gasteiger partial charge < -0.3 is 0 Å². The van der Waals surface area contributed by atoms with Crippen LogP contribution in [0.4, 0.5) is 0 Å². The molecule has 0 aliphatic heterocycles. The highest BCUT2D eigenvalue weighted by Crippen LogP contribution is 2.43. The fourth-order valence-electron chi connectivity index (χ4n) is 4.95. The number of rotatable bonds is 0. The van der Waals surface area contributed by atoms with Crippen LogP contribution >= 0.6 is 22.7 Å². The summed E-state index contributed by atoms with van der Waals surface area (Å²) in [5, 5.41) is 8.87. The van der Waals surface area contributed by atoms with E-state index < -0.39 is 0 Å². The van der Waals surface area contributed by atoms with Crippen LogP contribution < -0.4 is 0 Å². The topological polar surface area (TPSA) is 30.2 Å². The maximum Gasteiger partial charge on any atom is 0.145 e. The highest BCUT2D eigenvalue weighted by molar-refractivity contribution is 7.27. The summed E-state index contributed by atoms with van der Waals surface area (Å²) >= 11 is 3.76. The molecule has 0 atom stereocenters. The number of hydrogen-bond acceptors (Lipinski definition) is 4. The lowest BCUT2D eigenvalue weighted by Gasteiger charge is -2.08. The molecule has 5 aromatic heterocycles. The number of hydrogen-bond donors (Lipinski definition) is 0. The Bertz CT molecular complexity index is 2010. The monoisotopic (exact) mass is 431 g/mol. The number of imidazole rings is 1. The first-order chi connectivity index (χ1) is 15.3. The molecule has 0 amide bonds. The van der Waals surface area contributed by atoms with E-state index in [1.165, 1.54) is 51.2 Å². The zero-order chi connectivity index (χ0) is 20.1. The number of benzene rings is 3. The van der Waals surface area contributed by atoms with Crippen molar-refractivity contribution in [2.75, 3.05) is 0 Å². The lowest BCUT2D eigenvalue weighted by molar-refractivity contribution is 1.27. The zero-order valence-corrected chi connectivity index (χ0v) is 17.8. The minimum absolute atomic E-state index is 0.984. The van der Waals surface area contributed by atoms with Crippen LogP contribution in [0.1, 0.15) is 0 Å². The highest BCUT2D eigenvalue weighted by Gasteiger charge is 2.15. The normalized spacial score (nSPS) is 12.5. The van der Waals surface area contributed by atoms with E-state index in [1.54, 1.807) is 0 Å². The van der Waals surface area contributed by atoms with Gasteiger partial charge in [-0.05, 0) is 36.4 Å². The lowest BCUT2D eigenvalue weighted by atomic mass is 10.0. The number of aromatic nitrogens is 3. The third kappa shape index (κ3) is 2.02. The molecule has 144 valence electrons. The van der Waals surface area contributed by atoms with Crippen molar-refractivity contribution in [3.05, 3.63) is 79.4 Å². The molecule has 8 aromatic rings. The van der Waals surface area contributed by atoms with Crippen molar-refractivity contribution in [1.82, 2.24) is 14.4 Å². The highest BCUT2D eigenvalue weighted by atomic mass is 32.1. The minimum atomic E-state index is 0.984. The van der Waals surface area contributed by atoms with Crippen LogP contribution in [0.15, 0.2) is 79.4 Å². The van der Waals surface area contributed by atoms with Crippen LogP contribution in [-0.4, -0.2) is 14.4 Å². The molecule has 3 aromatic carbocycles. The summed E-state index contributed by atoms with van der Waals surface area (Å²) in [5.41, 5.74) is 2.16. The van der Waals surface area contributed by atoms with Crippen molar-refractivity contribution in [2.24, 2.45) is 0 Å². The average molecular weight is 432 g/mol. The number of thiophene rings is 2. The van der Waals surface area contributed by atoms with Gasteiger partial charge in [0.2, 0.25) is 0 Å². The Morgan fingerprint density at radius 2 is 1.39 bits per heavy atom. The molecule has 5 heterocycles. The average Bonchev–Trinajstić information content (AvgIpc) is 3.51. The van der Waals surface area contributed by atoms with Crippen molar-refractivity contribution in [3.8, 4) is 0 Å². The molecule has 0 fully saturated rings. The Morgan fingerprint density at radius 3 is 2.32 bits per heavy atom. The van der Waals surface area contributed by atoms with Gasteiger partial charge in [0.1, 0.15) is 5.65 Å². The van der Waals surface area contributed by atoms with Crippen LogP contribution in [0.2, 0.25) is 0 Å². The largest absolute Gasteiger partial charge is 0.299 e. The summed E-state index contributed by atoms with van der Waals surface area (Å²) in [4.78, 5) is 9.04. The van der Waals surface area contributed by atoms with Crippen molar-refractivity contribution < 1.29 is 0 Å². The Kier molecular flexibility index (Phi) is 2.91. The minimum Gasteiger partial charge on any atom is -0.299 e. The van der Waals surface area contributed by atoms with Crippen molar-refractivity contribution in [2.45, 2.75) is 0 Å². The van der Waals surface area contributed by atoms with E-state index in [9.17, 15) is 0 Å². The molecular weight excluding hydrogens is 418 g/mol. The maximum absolute atomic E-state index is 4.62. The van der Waals surface area contributed by atoms with E-state index in [2.05, 4.69) is 75.2 Å². The summed E-state index contributed by atoms with van der Waals surface area (Å²) in [6, 6.07) is 20.2. The summed E-state index contributed by atoms with van der Waals surface area (Å²) in [7, 11) is 0. The molecule has 0 unspecified atom stereocenters. The van der Waals surface area contributed by atoms with Gasteiger partial charge in [-0.3, -0.25) is 9.38 Å². The smallest absolute Gasteiger partial charge is 0.145 e. The Balaban J connectivity index is 1.58. The molecule has 0 aliphatic carbocycles. The van der Waals surface area contributed by atoms with Gasteiger partial charge in [0.05, 0.1) is 5.52 Å². The third-order valence-corrected chi connectivity index (χ3v) is 8.59. The standard InChI is InChI=1S/C26H13N3S2/c1-2-4-22-14(3-1)18-10-24-19(11-23(18)30-22)17-9-16-20-13-27-6-5-15(20)26-28-7-8-29(26)21(16)12-25(17)31-24/h1-13H. The molecule has 0 saturated heterocycles. The van der Waals surface area contributed by atoms with Gasteiger partial charge in [-0.25, -0.2) is 4.98 Å². The number of pyridine rings is 2. The molecular formula is C26H13N3S2. The first kappa shape index (κ1) is 16.2. The van der Waals surface area contributed by atoms with E-state index >= 15 is 0 Å². The predicted molar refractivity (Wildman–Crippen MR) is 134 cm³/mol. The van der Waals surface area contributed by atoms with E-state index in [1.807, 2.05) is 41.3 Å². The third-order valence-electron chi connectivity index (χ3n) is 6.34. The second-order valence-electron chi connectivity index (χ2n) is 7.95. The Labute approximate surface area is 183 Å². The first-order valence-corrected chi connectivity index (χ1v) is 11.8. The summed E-state index contributed by atoms with van der Waals surface area (Å²) < 4.78 is 7.55. The fraction of sp³-hybridized carbons (Fsp3) is 0. The predicted octanol–water partition coefficient (Wildman–Crippen LogP) is 7.77. The second-order valence-corrected chi connectivity index (χ2v) is 10.1. The van der Waals surface area contributed by atoms with Gasteiger partial charge in [0.25, 0.3) is 0 Å². The summed E-state index contributed by atoms with van der Waals surface area (Å²) in [5.74, 6) is 0. The van der Waals surface area contributed by atoms with Gasteiger partial charge in [-0.15, -0.1) is 22.7 Å². The summed E-state index contributed by atoms with van der Waals surface area (Å²) in [6.07, 6.45) is 7.75. The van der Waals surface area contributed by atoms with Gasteiger partial charge >= 0.3 is 0 Å². The van der Waals surface area contributed by atoms with E-state index in [0.717, 1.165) is 16.4 Å². The SMILES string of the molecule is c1ccc2c(c1)sc1cc3c(cc12)sc1cc2c(cc13)c1cnccc1c1nccn21. The summed E-state index contributed by atoms with van der Waals surface area (Å²) in [6.45, 7) is 0. The van der Waals surface area contributed by atoms with Gasteiger partial charge in [-0.2, -0.15) is 0 Å². The fourth-order valence-corrected chi connectivity index (χ4v) is 7.21. The van der Waals surface area contributed by atoms with Crippen molar-refractivity contribution in [1.29, 1.82) is 0 Å². The number of fused-ring (bicyclic) bond motifs is 12. The number of nitrogens with zero attached hydrogens (tertiary/aromatic N) is 3. The molecule has 8 rings (SSSR count). The van der Waals surface area contributed by atoms with E-state index in [0.29, 0.717) is 0 Å².